The molecule has 0 spiro atoms. The van der Waals surface area contributed by atoms with E-state index in [9.17, 15) is 80.2 Å². The Balaban J connectivity index is 6.55. The second-order valence-electron chi connectivity index (χ2n) is 6.82. The number of rotatable bonds is 13. The highest BCUT2D eigenvalue weighted by Gasteiger charge is 2.93. The van der Waals surface area contributed by atoms with E-state index in [4.69, 9.17) is 15.9 Å². The molecule has 1 amide bonds. The van der Waals surface area contributed by atoms with Crippen LogP contribution in [0.3, 0.4) is 0 Å². The van der Waals surface area contributed by atoms with Crippen LogP contribution in [0, 0.1) is 0 Å². The molecule has 0 saturated heterocycles. The Labute approximate surface area is 203 Å². The number of hydrogen-bond donors (Lipinski definition) is 4. The predicted molar refractivity (Wildman–Crippen MR) is 92.5 cm³/mol. The van der Waals surface area contributed by atoms with Crippen LogP contribution < -0.4 is 11.1 Å². The van der Waals surface area contributed by atoms with E-state index in [-0.39, 0.29) is 0 Å². The Morgan fingerprint density at radius 3 is 1.50 bits per heavy atom. The molecule has 0 radical (unpaired) electrons. The van der Waals surface area contributed by atoms with E-state index in [1.165, 1.54) is 5.32 Å². The van der Waals surface area contributed by atoms with Gasteiger partial charge in [-0.1, -0.05) is 0 Å². The third-order valence-corrected chi connectivity index (χ3v) is 5.27. The first kappa shape index (κ1) is 35.4. The molecule has 0 aromatic rings. The van der Waals surface area contributed by atoms with Crippen LogP contribution >= 0.6 is 11.8 Å². The number of carboxylic acids is 2. The summed E-state index contributed by atoms with van der Waals surface area (Å²) < 4.78 is 200. The molecule has 1 atom stereocenters. The second-order valence-corrected chi connectivity index (χ2v) is 7.88. The van der Waals surface area contributed by atoms with E-state index in [0.29, 0.717) is 0 Å². The van der Waals surface area contributed by atoms with Crippen molar-refractivity contribution < 1.29 is 90.5 Å². The van der Waals surface area contributed by atoms with Crippen LogP contribution in [-0.2, 0) is 14.4 Å². The Morgan fingerprint density at radius 2 is 1.13 bits per heavy atom. The van der Waals surface area contributed by atoms with Crippen LogP contribution in [0.5, 0.6) is 0 Å². The summed E-state index contributed by atoms with van der Waals surface area (Å²) in [5.74, 6) is -56.3. The van der Waals surface area contributed by atoms with Gasteiger partial charge in [-0.3, -0.25) is 9.59 Å². The first-order chi connectivity index (χ1) is 16.5. The number of aliphatic carboxylic acids is 2. The Kier molecular flexibility index (Phi) is 10.1. The molecule has 0 rings (SSSR count). The number of nitrogens with two attached hydrogens (primary N) is 1. The molecular formula is C15H11F15N2O5S. The van der Waals surface area contributed by atoms with Crippen LogP contribution in [0.1, 0.15) is 0 Å². The molecule has 0 aromatic heterocycles. The molecule has 0 aromatic carbocycles. The fraction of sp³-hybridized carbons (Fsp3) is 0.667. The number of carboxylic acid groups (broad SMARTS) is 2. The summed E-state index contributed by atoms with van der Waals surface area (Å²) in [6, 6.07) is -2.24. The Morgan fingerprint density at radius 1 is 0.737 bits per heavy atom. The predicted octanol–water partition coefficient (Wildman–Crippen LogP) is 3.59. The highest BCUT2D eigenvalue weighted by atomic mass is 32.2. The second kappa shape index (κ2) is 10.9. The number of hydrogen-bond acceptors (Lipinski definition) is 5. The van der Waals surface area contributed by atoms with Gasteiger partial charge in [-0.2, -0.15) is 65.9 Å². The van der Waals surface area contributed by atoms with Gasteiger partial charge < -0.3 is 21.3 Å². The lowest BCUT2D eigenvalue weighted by Crippen LogP contribution is -2.72. The fourth-order valence-electron chi connectivity index (χ4n) is 2.01. The van der Waals surface area contributed by atoms with Crippen LogP contribution in [-0.4, -0.2) is 88.1 Å². The highest BCUT2D eigenvalue weighted by molar-refractivity contribution is 8.03. The number of allylic oxidation sites excluding steroid dienone is 1. The Bertz CT molecular complexity index is 951. The lowest BCUT2D eigenvalue weighted by molar-refractivity contribution is -0.449. The van der Waals surface area contributed by atoms with Gasteiger partial charge in [0.2, 0.25) is 5.91 Å². The van der Waals surface area contributed by atoms with Crippen molar-refractivity contribution in [3.8, 4) is 0 Å². The minimum atomic E-state index is -8.57. The van der Waals surface area contributed by atoms with Crippen LogP contribution in [0.15, 0.2) is 11.0 Å². The van der Waals surface area contributed by atoms with Gasteiger partial charge in [0, 0.05) is 11.8 Å². The quantitative estimate of drug-likeness (QED) is 0.184. The SMILES string of the molecule is N[C@@H](CS/C(=C/C(=O)O)C(F)(F)C(F)(F)C(F)(F)C(F)(F)C(F)(F)C(F)(F)C(F)(F)F)C(=O)NCC(=O)O. The first-order valence-electron chi connectivity index (χ1n) is 8.70. The molecule has 0 fully saturated rings. The number of carbonyl (C=O) groups is 3. The maximum absolute atomic E-state index is 14.3. The van der Waals surface area contributed by atoms with Gasteiger partial charge in [0.05, 0.1) is 10.9 Å². The van der Waals surface area contributed by atoms with Gasteiger partial charge in [0.1, 0.15) is 6.54 Å². The zero-order valence-corrected chi connectivity index (χ0v) is 18.2. The average molecular weight is 616 g/mol. The van der Waals surface area contributed by atoms with Crippen molar-refractivity contribution in [2.45, 2.75) is 47.8 Å². The summed E-state index contributed by atoms with van der Waals surface area (Å²) in [6.07, 6.45) is -8.88. The molecule has 7 nitrogen and oxygen atoms in total. The van der Waals surface area contributed by atoms with Gasteiger partial charge in [-0.15, -0.1) is 11.8 Å². The summed E-state index contributed by atoms with van der Waals surface area (Å²) in [6.45, 7) is -1.18. The molecule has 5 N–H and O–H groups in total. The van der Waals surface area contributed by atoms with Crippen molar-refractivity contribution in [2.24, 2.45) is 5.73 Å². The zero-order chi connectivity index (χ0) is 30.9. The fourth-order valence-corrected chi connectivity index (χ4v) is 3.01. The van der Waals surface area contributed by atoms with Gasteiger partial charge >= 0.3 is 53.7 Å². The molecule has 38 heavy (non-hydrogen) atoms. The van der Waals surface area contributed by atoms with E-state index in [1.807, 2.05) is 0 Å². The van der Waals surface area contributed by atoms with E-state index in [0.717, 1.165) is 0 Å². The number of amides is 1. The van der Waals surface area contributed by atoms with Crippen LogP contribution in [0.25, 0.3) is 0 Å². The van der Waals surface area contributed by atoms with E-state index in [1.54, 1.807) is 0 Å². The van der Waals surface area contributed by atoms with Gasteiger partial charge in [0.15, 0.2) is 0 Å². The molecule has 0 heterocycles. The third-order valence-electron chi connectivity index (χ3n) is 4.06. The van der Waals surface area contributed by atoms with Crippen molar-refractivity contribution in [1.82, 2.24) is 5.32 Å². The summed E-state index contributed by atoms with van der Waals surface area (Å²) >= 11 is -1.08. The molecule has 23 heteroatoms. The number of halogens is 15. The lowest BCUT2D eigenvalue weighted by atomic mass is 9.91. The molecule has 0 aliphatic heterocycles. The smallest absolute Gasteiger partial charge is 0.460 e. The summed E-state index contributed by atoms with van der Waals surface area (Å²) in [5, 5.41) is 18.3. The van der Waals surface area contributed by atoms with E-state index in [2.05, 4.69) is 0 Å². The number of carbonyl (C=O) groups excluding carboxylic acids is 1. The topological polar surface area (TPSA) is 130 Å². The average Bonchev–Trinajstić information content (AvgIpc) is 2.72. The standard InChI is InChI=1S/C15H11F15N2O5S/c16-9(17,5(1-6(33)34)38-3-4(31)8(37)32-2-7(35)36)10(18,19)11(20,21)12(22,23)13(24,25)14(26,27)15(28,29)30/h1,4H,2-3,31H2,(H,32,37)(H,33,34)(H,35,36)/b5-1+/t4-/m0/s1. The van der Waals surface area contributed by atoms with Crippen LogP contribution in [0.4, 0.5) is 65.9 Å². The van der Waals surface area contributed by atoms with Crippen molar-refractivity contribution in [3.63, 3.8) is 0 Å². The molecule has 0 aliphatic carbocycles. The minimum absolute atomic E-state index is 1.08. The van der Waals surface area contributed by atoms with E-state index < -0.39 is 101 Å². The van der Waals surface area contributed by atoms with Crippen LogP contribution in [0.2, 0.25) is 0 Å². The van der Waals surface area contributed by atoms with Crippen molar-refractivity contribution in [3.05, 3.63) is 11.0 Å². The molecule has 0 aliphatic rings. The monoisotopic (exact) mass is 616 g/mol. The summed E-state index contributed by atoms with van der Waals surface area (Å²) in [4.78, 5) is 29.5. The van der Waals surface area contributed by atoms with Crippen molar-refractivity contribution in [1.29, 1.82) is 0 Å². The van der Waals surface area contributed by atoms with Crippen molar-refractivity contribution in [2.75, 3.05) is 12.3 Å². The normalized spacial score (nSPS) is 15.7. The highest BCUT2D eigenvalue weighted by Crippen LogP contribution is 2.63. The number of alkyl halides is 15. The van der Waals surface area contributed by atoms with Crippen molar-refractivity contribution >= 4 is 29.6 Å². The molecule has 0 unspecified atom stereocenters. The molecule has 222 valence electrons. The largest absolute Gasteiger partial charge is 0.480 e. The van der Waals surface area contributed by atoms with Gasteiger partial charge in [-0.05, 0) is 0 Å². The Hall–Kier alpha value is -2.59. The summed E-state index contributed by atoms with van der Waals surface area (Å²) in [7, 11) is 0. The minimum Gasteiger partial charge on any atom is -0.480 e. The molecular weight excluding hydrogens is 605 g/mol. The number of thioether (sulfide) groups is 1. The van der Waals surface area contributed by atoms with Gasteiger partial charge in [0.25, 0.3) is 0 Å². The zero-order valence-electron chi connectivity index (χ0n) is 17.3. The van der Waals surface area contributed by atoms with E-state index >= 15 is 0 Å². The number of nitrogens with one attached hydrogen (secondary N) is 1. The van der Waals surface area contributed by atoms with Gasteiger partial charge in [-0.25, -0.2) is 4.79 Å². The first-order valence-corrected chi connectivity index (χ1v) is 9.69. The third kappa shape index (κ3) is 6.17. The molecule has 0 saturated carbocycles. The summed E-state index contributed by atoms with van der Waals surface area (Å²) in [5.41, 5.74) is 5.05. The molecule has 0 bridgehead atoms. The lowest BCUT2D eigenvalue weighted by Gasteiger charge is -2.41. The maximum atomic E-state index is 14.3. The maximum Gasteiger partial charge on any atom is 0.460 e.